The van der Waals surface area contributed by atoms with Gasteiger partial charge < -0.3 is 10.1 Å². The monoisotopic (exact) mass is 337 g/mol. The molecule has 0 aromatic heterocycles. The van der Waals surface area contributed by atoms with E-state index in [1.807, 2.05) is 31.2 Å². The van der Waals surface area contributed by atoms with Gasteiger partial charge >= 0.3 is 6.18 Å². The van der Waals surface area contributed by atoms with Gasteiger partial charge in [0.15, 0.2) is 0 Å². The molecular formula is C18H18F3NO2. The van der Waals surface area contributed by atoms with Crippen LogP contribution in [-0.4, -0.2) is 12.5 Å². The summed E-state index contributed by atoms with van der Waals surface area (Å²) in [5.74, 6) is 0.249. The maximum absolute atomic E-state index is 12.6. The number of carbonyl (C=O) groups excluding carboxylic acids is 1. The lowest BCUT2D eigenvalue weighted by atomic mass is 10.2. The van der Waals surface area contributed by atoms with Gasteiger partial charge in [-0.2, -0.15) is 13.2 Å². The smallest absolute Gasteiger partial charge is 0.416 e. The molecule has 0 aliphatic heterocycles. The lowest BCUT2D eigenvalue weighted by Crippen LogP contribution is -2.16. The van der Waals surface area contributed by atoms with Gasteiger partial charge in [0.25, 0.3) is 0 Å². The predicted octanol–water partition coefficient (Wildman–Crippen LogP) is 4.68. The minimum absolute atomic E-state index is 0.0474. The van der Waals surface area contributed by atoms with Crippen molar-refractivity contribution in [1.29, 1.82) is 0 Å². The molecule has 0 spiro atoms. The predicted molar refractivity (Wildman–Crippen MR) is 86.0 cm³/mol. The quantitative estimate of drug-likeness (QED) is 0.831. The lowest BCUT2D eigenvalue weighted by molar-refractivity contribution is -0.137. The Balaban J connectivity index is 1.83. The van der Waals surface area contributed by atoms with Crippen LogP contribution in [0.2, 0.25) is 0 Å². The number of benzene rings is 2. The van der Waals surface area contributed by atoms with Crippen molar-refractivity contribution in [2.75, 3.05) is 11.9 Å². The summed E-state index contributed by atoms with van der Waals surface area (Å²) in [7, 11) is 0. The molecule has 0 radical (unpaired) electrons. The Morgan fingerprint density at radius 1 is 1.12 bits per heavy atom. The molecule has 0 heterocycles. The van der Waals surface area contributed by atoms with Gasteiger partial charge in [-0.1, -0.05) is 25.1 Å². The number of carbonyl (C=O) groups is 1. The van der Waals surface area contributed by atoms with E-state index in [0.29, 0.717) is 5.75 Å². The first-order chi connectivity index (χ1) is 11.4. The molecule has 6 heteroatoms. The van der Waals surface area contributed by atoms with Crippen molar-refractivity contribution >= 4 is 11.6 Å². The van der Waals surface area contributed by atoms with Gasteiger partial charge in [0.05, 0.1) is 18.6 Å². The third-order valence-corrected chi connectivity index (χ3v) is 3.40. The molecule has 2 aromatic carbocycles. The van der Waals surface area contributed by atoms with Crippen LogP contribution in [0.4, 0.5) is 18.9 Å². The maximum Gasteiger partial charge on any atom is 0.416 e. The summed E-state index contributed by atoms with van der Waals surface area (Å²) in [5.41, 5.74) is 0.499. The molecule has 0 fully saturated rings. The van der Waals surface area contributed by atoms with Crippen LogP contribution in [0.25, 0.3) is 0 Å². The van der Waals surface area contributed by atoms with Gasteiger partial charge in [-0.3, -0.25) is 4.79 Å². The van der Waals surface area contributed by atoms with Crippen LogP contribution < -0.4 is 10.1 Å². The SMILES string of the molecule is CCc1ccc(OCCC(=O)Nc2cccc(C(F)(F)F)c2)cc1. The summed E-state index contributed by atoms with van der Waals surface area (Å²) in [5, 5.41) is 2.44. The van der Waals surface area contributed by atoms with Gasteiger partial charge in [0.2, 0.25) is 5.91 Å². The fourth-order valence-electron chi connectivity index (χ4n) is 2.08. The summed E-state index contributed by atoms with van der Waals surface area (Å²) in [6.45, 7) is 2.20. The number of rotatable bonds is 6. The van der Waals surface area contributed by atoms with Crippen molar-refractivity contribution < 1.29 is 22.7 Å². The van der Waals surface area contributed by atoms with Gasteiger partial charge in [-0.25, -0.2) is 0 Å². The van der Waals surface area contributed by atoms with Crippen molar-refractivity contribution in [3.63, 3.8) is 0 Å². The highest BCUT2D eigenvalue weighted by Gasteiger charge is 2.30. The second-order valence-corrected chi connectivity index (χ2v) is 5.22. The highest BCUT2D eigenvalue weighted by atomic mass is 19.4. The van der Waals surface area contributed by atoms with Gasteiger partial charge in [-0.15, -0.1) is 0 Å². The second-order valence-electron chi connectivity index (χ2n) is 5.22. The first kappa shape index (κ1) is 17.8. The van der Waals surface area contributed by atoms with E-state index in [1.54, 1.807) is 0 Å². The van der Waals surface area contributed by atoms with Crippen molar-refractivity contribution in [1.82, 2.24) is 0 Å². The summed E-state index contributed by atoms with van der Waals surface area (Å²) >= 11 is 0. The first-order valence-electron chi connectivity index (χ1n) is 7.57. The largest absolute Gasteiger partial charge is 0.493 e. The van der Waals surface area contributed by atoms with Crippen LogP contribution in [0.1, 0.15) is 24.5 Å². The van der Waals surface area contributed by atoms with Crippen LogP contribution in [0, 0.1) is 0 Å². The zero-order valence-electron chi connectivity index (χ0n) is 13.2. The average Bonchev–Trinajstić information content (AvgIpc) is 2.55. The Morgan fingerprint density at radius 2 is 1.83 bits per heavy atom. The minimum Gasteiger partial charge on any atom is -0.493 e. The molecule has 1 amide bonds. The Labute approximate surface area is 138 Å². The van der Waals surface area contributed by atoms with E-state index in [0.717, 1.165) is 18.6 Å². The number of alkyl halides is 3. The highest BCUT2D eigenvalue weighted by molar-refractivity contribution is 5.90. The summed E-state index contributed by atoms with van der Waals surface area (Å²) in [6.07, 6.45) is -3.46. The van der Waals surface area contributed by atoms with E-state index in [-0.39, 0.29) is 18.7 Å². The Hall–Kier alpha value is -2.50. The third kappa shape index (κ3) is 5.30. The van der Waals surface area contributed by atoms with Gasteiger partial charge in [0, 0.05) is 5.69 Å². The zero-order chi connectivity index (χ0) is 17.6. The molecule has 0 aliphatic carbocycles. The fraction of sp³-hybridized carbons (Fsp3) is 0.278. The number of hydrogen-bond donors (Lipinski definition) is 1. The van der Waals surface area contributed by atoms with Crippen LogP contribution in [0.15, 0.2) is 48.5 Å². The average molecular weight is 337 g/mol. The molecule has 128 valence electrons. The molecule has 3 nitrogen and oxygen atoms in total. The Kier molecular flexibility index (Phi) is 5.84. The highest BCUT2D eigenvalue weighted by Crippen LogP contribution is 2.30. The van der Waals surface area contributed by atoms with E-state index in [4.69, 9.17) is 4.74 Å². The van der Waals surface area contributed by atoms with Crippen LogP contribution >= 0.6 is 0 Å². The van der Waals surface area contributed by atoms with Crippen molar-refractivity contribution in [3.8, 4) is 5.75 Å². The molecule has 0 saturated carbocycles. The molecular weight excluding hydrogens is 319 g/mol. The van der Waals surface area contributed by atoms with Crippen LogP contribution in [-0.2, 0) is 17.4 Å². The summed E-state index contributed by atoms with van der Waals surface area (Å²) < 4.78 is 43.3. The van der Waals surface area contributed by atoms with Crippen molar-refractivity contribution in [2.45, 2.75) is 25.9 Å². The van der Waals surface area contributed by atoms with E-state index >= 15 is 0 Å². The molecule has 0 saturated heterocycles. The van der Waals surface area contributed by atoms with Crippen molar-refractivity contribution in [3.05, 3.63) is 59.7 Å². The Morgan fingerprint density at radius 3 is 2.46 bits per heavy atom. The summed E-state index contributed by atoms with van der Waals surface area (Å²) in [4.78, 5) is 11.8. The van der Waals surface area contributed by atoms with E-state index in [2.05, 4.69) is 5.32 Å². The molecule has 0 bridgehead atoms. The van der Waals surface area contributed by atoms with Crippen LogP contribution in [0.3, 0.4) is 0 Å². The molecule has 0 aliphatic rings. The summed E-state index contributed by atoms with van der Waals surface area (Å²) in [6, 6.07) is 12.1. The molecule has 2 rings (SSSR count). The number of nitrogens with one attached hydrogen (secondary N) is 1. The number of aryl methyl sites for hydroxylation is 1. The Bertz CT molecular complexity index is 681. The maximum atomic E-state index is 12.6. The van der Waals surface area contributed by atoms with E-state index < -0.39 is 17.6 Å². The fourth-order valence-corrected chi connectivity index (χ4v) is 2.08. The lowest BCUT2D eigenvalue weighted by Gasteiger charge is -2.10. The van der Waals surface area contributed by atoms with Gasteiger partial charge in [-0.05, 0) is 42.3 Å². The molecule has 24 heavy (non-hydrogen) atoms. The first-order valence-corrected chi connectivity index (χ1v) is 7.57. The molecule has 0 unspecified atom stereocenters. The number of anilines is 1. The van der Waals surface area contributed by atoms with E-state index in [1.165, 1.54) is 17.7 Å². The normalized spacial score (nSPS) is 11.2. The number of halogens is 3. The minimum atomic E-state index is -4.44. The molecule has 2 aromatic rings. The molecule has 0 atom stereocenters. The second kappa shape index (κ2) is 7.86. The topological polar surface area (TPSA) is 38.3 Å². The van der Waals surface area contributed by atoms with Crippen LogP contribution in [0.5, 0.6) is 5.75 Å². The standard InChI is InChI=1S/C18H18F3NO2/c1-2-13-6-8-16(9-7-13)24-11-10-17(23)22-15-5-3-4-14(12-15)18(19,20)21/h3-9,12H,2,10-11H2,1H3,(H,22,23). The number of ether oxygens (including phenoxy) is 1. The zero-order valence-corrected chi connectivity index (χ0v) is 13.2. The van der Waals surface area contributed by atoms with Gasteiger partial charge in [0.1, 0.15) is 5.75 Å². The number of hydrogen-bond acceptors (Lipinski definition) is 2. The number of amides is 1. The van der Waals surface area contributed by atoms with Crippen molar-refractivity contribution in [2.24, 2.45) is 0 Å². The third-order valence-electron chi connectivity index (χ3n) is 3.40. The molecule has 1 N–H and O–H groups in total. The van der Waals surface area contributed by atoms with E-state index in [9.17, 15) is 18.0 Å².